The molecular weight excluding hydrogens is 325 g/mol. The lowest BCUT2D eigenvalue weighted by Crippen LogP contribution is -2.24. The molecule has 0 aliphatic carbocycles. The standard InChI is InChI=1S/C16H36NO4P.C2H4/c1-9-10-20-22(16(5,6)7,17-15(2,3)4)21-14-13-19-12-11-18-8;1-2/h9-14H2,1-8H3;1-2H2. The van der Waals surface area contributed by atoms with Crippen LogP contribution in [0.2, 0.25) is 0 Å². The highest BCUT2D eigenvalue weighted by Gasteiger charge is 2.38. The molecule has 0 aromatic carbocycles. The van der Waals surface area contributed by atoms with Gasteiger partial charge >= 0.3 is 0 Å². The molecule has 0 aliphatic rings. The first-order valence-corrected chi connectivity index (χ1v) is 10.1. The van der Waals surface area contributed by atoms with E-state index in [1.54, 1.807) is 7.11 Å². The molecule has 1 unspecified atom stereocenters. The Labute approximate surface area is 150 Å². The highest BCUT2D eigenvalue weighted by Crippen LogP contribution is 2.63. The van der Waals surface area contributed by atoms with Crippen molar-refractivity contribution in [3.63, 3.8) is 0 Å². The van der Waals surface area contributed by atoms with Crippen molar-refractivity contribution in [2.24, 2.45) is 4.74 Å². The van der Waals surface area contributed by atoms with Crippen molar-refractivity contribution in [3.8, 4) is 0 Å². The molecule has 0 amide bonds. The Hall–Kier alpha value is -0.190. The monoisotopic (exact) mass is 365 g/mol. The minimum atomic E-state index is -2.36. The Morgan fingerprint density at radius 1 is 0.833 bits per heavy atom. The van der Waals surface area contributed by atoms with Crippen molar-refractivity contribution >= 4 is 7.51 Å². The molecule has 0 N–H and O–H groups in total. The largest absolute Gasteiger partial charge is 0.382 e. The van der Waals surface area contributed by atoms with Crippen LogP contribution < -0.4 is 0 Å². The Morgan fingerprint density at radius 3 is 1.75 bits per heavy atom. The number of hydrogen-bond acceptors (Lipinski definition) is 5. The van der Waals surface area contributed by atoms with E-state index in [-0.39, 0.29) is 10.7 Å². The summed E-state index contributed by atoms with van der Waals surface area (Å²) in [5, 5.41) is -0.165. The third-order valence-electron chi connectivity index (χ3n) is 2.68. The van der Waals surface area contributed by atoms with Crippen LogP contribution in [0.25, 0.3) is 0 Å². The molecule has 0 saturated carbocycles. The van der Waals surface area contributed by atoms with Gasteiger partial charge in [0.2, 0.25) is 7.51 Å². The second kappa shape index (κ2) is 13.1. The van der Waals surface area contributed by atoms with Crippen molar-refractivity contribution in [3.05, 3.63) is 13.2 Å². The summed E-state index contributed by atoms with van der Waals surface area (Å²) in [6.07, 6.45) is 0.950. The van der Waals surface area contributed by atoms with Gasteiger partial charge in [-0.15, -0.1) is 13.2 Å². The van der Waals surface area contributed by atoms with Gasteiger partial charge in [0, 0.05) is 12.3 Å². The van der Waals surface area contributed by atoms with Crippen molar-refractivity contribution in [2.45, 2.75) is 65.6 Å². The van der Waals surface area contributed by atoms with Crippen LogP contribution in [0.1, 0.15) is 54.9 Å². The van der Waals surface area contributed by atoms with Gasteiger partial charge in [0.15, 0.2) is 0 Å². The first-order chi connectivity index (χ1) is 11.1. The molecule has 0 saturated heterocycles. The summed E-state index contributed by atoms with van der Waals surface area (Å²) in [6.45, 7) is 23.6. The highest BCUT2D eigenvalue weighted by molar-refractivity contribution is 7.58. The van der Waals surface area contributed by atoms with Gasteiger partial charge in [-0.05, 0) is 27.2 Å². The van der Waals surface area contributed by atoms with Crippen LogP contribution in [0.4, 0.5) is 0 Å². The van der Waals surface area contributed by atoms with Crippen LogP contribution in [-0.2, 0) is 18.5 Å². The van der Waals surface area contributed by atoms with E-state index in [1.807, 2.05) is 0 Å². The van der Waals surface area contributed by atoms with Gasteiger partial charge in [0.1, 0.15) is 0 Å². The van der Waals surface area contributed by atoms with E-state index in [2.05, 4.69) is 61.6 Å². The molecule has 0 heterocycles. The van der Waals surface area contributed by atoms with Gasteiger partial charge in [-0.2, -0.15) is 0 Å². The summed E-state index contributed by atoms with van der Waals surface area (Å²) in [4.78, 5) is 0. The molecule has 24 heavy (non-hydrogen) atoms. The molecule has 0 bridgehead atoms. The zero-order valence-electron chi connectivity index (χ0n) is 17.2. The predicted molar refractivity (Wildman–Crippen MR) is 105 cm³/mol. The molecule has 146 valence electrons. The minimum Gasteiger partial charge on any atom is -0.382 e. The molecule has 0 radical (unpaired) electrons. The van der Waals surface area contributed by atoms with E-state index in [4.69, 9.17) is 23.3 Å². The fourth-order valence-corrected chi connectivity index (χ4v) is 4.51. The third kappa shape index (κ3) is 11.4. The zero-order chi connectivity index (χ0) is 19.3. The normalized spacial score (nSPS) is 14.5. The maximum atomic E-state index is 6.21. The van der Waals surface area contributed by atoms with Gasteiger partial charge < -0.3 is 18.5 Å². The maximum Gasteiger partial charge on any atom is 0.218 e. The van der Waals surface area contributed by atoms with E-state index >= 15 is 0 Å². The number of hydrogen-bond donors (Lipinski definition) is 0. The van der Waals surface area contributed by atoms with E-state index in [0.29, 0.717) is 33.0 Å². The van der Waals surface area contributed by atoms with Crippen molar-refractivity contribution in [1.29, 1.82) is 0 Å². The molecule has 0 aliphatic heterocycles. The molecular formula is C18H40NO4P. The summed E-state index contributed by atoms with van der Waals surface area (Å²) in [5.74, 6) is 0. The number of nitrogens with zero attached hydrogens (tertiary/aromatic N) is 1. The van der Waals surface area contributed by atoms with Gasteiger partial charge in [-0.1, -0.05) is 27.7 Å². The van der Waals surface area contributed by atoms with Crippen LogP contribution in [0.3, 0.4) is 0 Å². The lowest BCUT2D eigenvalue weighted by molar-refractivity contribution is 0.0517. The molecule has 0 aromatic heterocycles. The summed E-state index contributed by atoms with van der Waals surface area (Å²) < 4.78 is 27.8. The van der Waals surface area contributed by atoms with E-state index in [9.17, 15) is 0 Å². The SMILES string of the molecule is C=C.CCCOP(=NC(C)(C)C)(OCCOCCOC)C(C)(C)C. The van der Waals surface area contributed by atoms with Crippen LogP contribution in [0, 0.1) is 0 Å². The maximum absolute atomic E-state index is 6.21. The molecule has 5 nitrogen and oxygen atoms in total. The molecule has 0 fully saturated rings. The fraction of sp³-hybridized carbons (Fsp3) is 0.889. The van der Waals surface area contributed by atoms with E-state index in [0.717, 1.165) is 6.42 Å². The molecule has 0 rings (SSSR count). The molecule has 1 atom stereocenters. The third-order valence-corrected chi connectivity index (χ3v) is 6.30. The van der Waals surface area contributed by atoms with E-state index in [1.165, 1.54) is 0 Å². The van der Waals surface area contributed by atoms with Gasteiger partial charge in [0.05, 0.1) is 38.6 Å². The first-order valence-electron chi connectivity index (χ1n) is 8.57. The topological polar surface area (TPSA) is 49.3 Å². The van der Waals surface area contributed by atoms with E-state index < -0.39 is 7.51 Å². The van der Waals surface area contributed by atoms with Gasteiger partial charge in [0.25, 0.3) is 0 Å². The summed E-state index contributed by atoms with van der Waals surface area (Å²) in [5.41, 5.74) is -0.203. The van der Waals surface area contributed by atoms with Crippen molar-refractivity contribution < 1.29 is 18.5 Å². The smallest absolute Gasteiger partial charge is 0.218 e. The number of methoxy groups -OCH3 is 1. The van der Waals surface area contributed by atoms with Crippen LogP contribution in [0.15, 0.2) is 17.9 Å². The Balaban J connectivity index is 0. The quantitative estimate of drug-likeness (QED) is 0.290. The lowest BCUT2D eigenvalue weighted by Gasteiger charge is -2.37. The van der Waals surface area contributed by atoms with Crippen molar-refractivity contribution in [1.82, 2.24) is 0 Å². The average Bonchev–Trinajstić information content (AvgIpc) is 2.47. The zero-order valence-corrected chi connectivity index (χ0v) is 18.1. The second-order valence-electron chi connectivity index (χ2n) is 7.23. The summed E-state index contributed by atoms with van der Waals surface area (Å²) in [7, 11) is -0.696. The minimum absolute atomic E-state index is 0.165. The van der Waals surface area contributed by atoms with Gasteiger partial charge in [-0.3, -0.25) is 0 Å². The van der Waals surface area contributed by atoms with Crippen LogP contribution in [-0.4, -0.2) is 50.8 Å². The number of rotatable bonds is 10. The van der Waals surface area contributed by atoms with Crippen molar-refractivity contribution in [2.75, 3.05) is 40.1 Å². The number of ether oxygens (including phenoxy) is 2. The fourth-order valence-electron chi connectivity index (χ4n) is 1.71. The lowest BCUT2D eigenvalue weighted by atomic mass is 10.1. The molecule has 6 heteroatoms. The molecule has 0 spiro atoms. The summed E-state index contributed by atoms with van der Waals surface area (Å²) in [6, 6.07) is 0. The Morgan fingerprint density at radius 2 is 1.33 bits per heavy atom. The average molecular weight is 365 g/mol. The second-order valence-corrected chi connectivity index (χ2v) is 10.3. The Bertz CT molecular complexity index is 359. The highest BCUT2D eigenvalue weighted by atomic mass is 31.2. The Kier molecular flexibility index (Phi) is 14.2. The summed E-state index contributed by atoms with van der Waals surface area (Å²) >= 11 is 0. The predicted octanol–water partition coefficient (Wildman–Crippen LogP) is 5.52. The van der Waals surface area contributed by atoms with Gasteiger partial charge in [-0.25, -0.2) is 4.74 Å². The van der Waals surface area contributed by atoms with Crippen LogP contribution in [0.5, 0.6) is 0 Å². The van der Waals surface area contributed by atoms with Crippen LogP contribution >= 0.6 is 7.51 Å². The molecule has 0 aromatic rings. The first kappa shape index (κ1) is 26.0.